The standard InChI is InChI=1S/C27H56O/c1-5-7-9-11-13-18-22-26(23-19-14-12-10-8-6-2)27(28)24-20-16-15-17-21-25(3)4/h25-28H,5-24H2,1-4H3. The molecule has 0 rings (SSSR count). The lowest BCUT2D eigenvalue weighted by Gasteiger charge is -2.23. The van der Waals surface area contributed by atoms with E-state index in [0.717, 1.165) is 12.3 Å². The van der Waals surface area contributed by atoms with Gasteiger partial charge in [-0.15, -0.1) is 0 Å². The van der Waals surface area contributed by atoms with Gasteiger partial charge in [0.05, 0.1) is 6.10 Å². The molecule has 0 heterocycles. The van der Waals surface area contributed by atoms with E-state index in [-0.39, 0.29) is 6.10 Å². The third-order valence-electron chi connectivity index (χ3n) is 6.43. The third kappa shape index (κ3) is 19.3. The van der Waals surface area contributed by atoms with E-state index < -0.39 is 0 Å². The smallest absolute Gasteiger partial charge is 0.0568 e. The Morgan fingerprint density at radius 1 is 0.464 bits per heavy atom. The van der Waals surface area contributed by atoms with Gasteiger partial charge in [-0.3, -0.25) is 0 Å². The highest BCUT2D eigenvalue weighted by Crippen LogP contribution is 2.25. The van der Waals surface area contributed by atoms with E-state index in [1.807, 2.05) is 0 Å². The molecule has 0 bridgehead atoms. The third-order valence-corrected chi connectivity index (χ3v) is 6.43. The van der Waals surface area contributed by atoms with E-state index in [1.165, 1.54) is 122 Å². The van der Waals surface area contributed by atoms with Crippen molar-refractivity contribution < 1.29 is 5.11 Å². The number of hydrogen-bond donors (Lipinski definition) is 1. The Morgan fingerprint density at radius 2 is 0.821 bits per heavy atom. The minimum absolute atomic E-state index is 0.0450. The molecule has 0 saturated carbocycles. The lowest BCUT2D eigenvalue weighted by Crippen LogP contribution is -2.20. The second kappa shape index (κ2) is 21.7. The van der Waals surface area contributed by atoms with E-state index in [2.05, 4.69) is 27.7 Å². The fourth-order valence-corrected chi connectivity index (χ4v) is 4.40. The van der Waals surface area contributed by atoms with Crippen LogP contribution in [0.4, 0.5) is 0 Å². The van der Waals surface area contributed by atoms with Crippen LogP contribution < -0.4 is 0 Å². The Bertz CT molecular complexity index is 270. The first-order chi connectivity index (χ1) is 13.6. The molecular weight excluding hydrogens is 340 g/mol. The normalized spacial score (nSPS) is 13.0. The van der Waals surface area contributed by atoms with Gasteiger partial charge in [0.2, 0.25) is 0 Å². The van der Waals surface area contributed by atoms with Crippen molar-refractivity contribution in [2.45, 2.75) is 162 Å². The first-order valence-electron chi connectivity index (χ1n) is 13.3. The molecule has 0 aromatic heterocycles. The first kappa shape index (κ1) is 28.0. The molecule has 0 amide bonds. The summed E-state index contributed by atoms with van der Waals surface area (Å²) in [5.74, 6) is 1.40. The highest BCUT2D eigenvalue weighted by Gasteiger charge is 2.18. The quantitative estimate of drug-likeness (QED) is 0.181. The Labute approximate surface area is 179 Å². The van der Waals surface area contributed by atoms with Crippen LogP contribution in [0.15, 0.2) is 0 Å². The molecule has 1 unspecified atom stereocenters. The Kier molecular flexibility index (Phi) is 21.6. The van der Waals surface area contributed by atoms with E-state index >= 15 is 0 Å². The fraction of sp³-hybridized carbons (Fsp3) is 1.00. The van der Waals surface area contributed by atoms with Gasteiger partial charge in [0.1, 0.15) is 0 Å². The predicted molar refractivity (Wildman–Crippen MR) is 128 cm³/mol. The summed E-state index contributed by atoms with van der Waals surface area (Å²) in [6, 6.07) is 0. The van der Waals surface area contributed by atoms with Crippen LogP contribution in [0.3, 0.4) is 0 Å². The average molecular weight is 397 g/mol. The van der Waals surface area contributed by atoms with Crippen molar-refractivity contribution in [1.29, 1.82) is 0 Å². The minimum atomic E-state index is -0.0450. The average Bonchev–Trinajstić information content (AvgIpc) is 2.67. The van der Waals surface area contributed by atoms with Crippen LogP contribution in [-0.4, -0.2) is 11.2 Å². The van der Waals surface area contributed by atoms with Crippen molar-refractivity contribution in [1.82, 2.24) is 0 Å². The van der Waals surface area contributed by atoms with Crippen molar-refractivity contribution in [3.63, 3.8) is 0 Å². The molecule has 0 saturated heterocycles. The number of hydrogen-bond acceptors (Lipinski definition) is 1. The van der Waals surface area contributed by atoms with Crippen LogP contribution in [0, 0.1) is 11.8 Å². The molecule has 0 aliphatic rings. The zero-order valence-corrected chi connectivity index (χ0v) is 20.3. The van der Waals surface area contributed by atoms with Gasteiger partial charge in [-0.1, -0.05) is 137 Å². The van der Waals surface area contributed by atoms with Gasteiger partial charge in [-0.05, 0) is 31.1 Å². The van der Waals surface area contributed by atoms with Gasteiger partial charge in [0.25, 0.3) is 0 Å². The van der Waals surface area contributed by atoms with Crippen LogP contribution in [-0.2, 0) is 0 Å². The van der Waals surface area contributed by atoms with E-state index in [0.29, 0.717) is 5.92 Å². The van der Waals surface area contributed by atoms with Gasteiger partial charge in [-0.25, -0.2) is 0 Å². The summed E-state index contributed by atoms with van der Waals surface area (Å²) in [4.78, 5) is 0. The molecule has 1 nitrogen and oxygen atoms in total. The maximum atomic E-state index is 10.8. The van der Waals surface area contributed by atoms with Crippen LogP contribution in [0.2, 0.25) is 0 Å². The first-order valence-corrected chi connectivity index (χ1v) is 13.3. The lowest BCUT2D eigenvalue weighted by molar-refractivity contribution is 0.0829. The van der Waals surface area contributed by atoms with Gasteiger partial charge in [-0.2, -0.15) is 0 Å². The van der Waals surface area contributed by atoms with Crippen molar-refractivity contribution in [2.75, 3.05) is 0 Å². The fourth-order valence-electron chi connectivity index (χ4n) is 4.40. The second-order valence-corrected chi connectivity index (χ2v) is 9.83. The van der Waals surface area contributed by atoms with Crippen LogP contribution >= 0.6 is 0 Å². The lowest BCUT2D eigenvalue weighted by atomic mass is 9.87. The summed E-state index contributed by atoms with van der Waals surface area (Å²) in [6.45, 7) is 9.21. The second-order valence-electron chi connectivity index (χ2n) is 9.83. The Hall–Kier alpha value is -0.0400. The Balaban J connectivity index is 4.02. The van der Waals surface area contributed by atoms with Crippen molar-refractivity contribution in [3.05, 3.63) is 0 Å². The zero-order chi connectivity index (χ0) is 20.9. The molecule has 0 aromatic rings. The Morgan fingerprint density at radius 3 is 1.25 bits per heavy atom. The number of aliphatic hydroxyl groups excluding tert-OH is 1. The van der Waals surface area contributed by atoms with Crippen LogP contribution in [0.1, 0.15) is 156 Å². The van der Waals surface area contributed by atoms with Crippen molar-refractivity contribution in [3.8, 4) is 0 Å². The van der Waals surface area contributed by atoms with Crippen molar-refractivity contribution >= 4 is 0 Å². The molecule has 0 spiro atoms. The number of aliphatic hydroxyl groups is 1. The van der Waals surface area contributed by atoms with Gasteiger partial charge in [0.15, 0.2) is 0 Å². The summed E-state index contributed by atoms with van der Waals surface area (Å²) < 4.78 is 0. The van der Waals surface area contributed by atoms with E-state index in [4.69, 9.17) is 0 Å². The molecule has 0 radical (unpaired) electrons. The van der Waals surface area contributed by atoms with Gasteiger partial charge >= 0.3 is 0 Å². The summed E-state index contributed by atoms with van der Waals surface area (Å²) in [5.41, 5.74) is 0. The summed E-state index contributed by atoms with van der Waals surface area (Å²) in [5, 5.41) is 10.8. The molecule has 1 heteroatoms. The summed E-state index contributed by atoms with van der Waals surface area (Å²) >= 11 is 0. The molecule has 1 atom stereocenters. The maximum absolute atomic E-state index is 10.8. The summed E-state index contributed by atoms with van der Waals surface area (Å²) in [7, 11) is 0. The van der Waals surface area contributed by atoms with Crippen molar-refractivity contribution in [2.24, 2.45) is 11.8 Å². The SMILES string of the molecule is CCCCCCCCC(CCCCCCCC)C(O)CCCCCCC(C)C. The van der Waals surface area contributed by atoms with Crippen LogP contribution in [0.5, 0.6) is 0 Å². The monoisotopic (exact) mass is 396 g/mol. The molecule has 1 N–H and O–H groups in total. The van der Waals surface area contributed by atoms with Gasteiger partial charge in [0, 0.05) is 0 Å². The summed E-state index contributed by atoms with van der Waals surface area (Å²) in [6.07, 6.45) is 26.6. The molecule has 28 heavy (non-hydrogen) atoms. The highest BCUT2D eigenvalue weighted by molar-refractivity contribution is 4.70. The topological polar surface area (TPSA) is 20.2 Å². The van der Waals surface area contributed by atoms with E-state index in [9.17, 15) is 5.11 Å². The zero-order valence-electron chi connectivity index (χ0n) is 20.3. The molecule has 0 aliphatic carbocycles. The largest absolute Gasteiger partial charge is 0.393 e. The molecular formula is C27H56O. The molecule has 0 aromatic carbocycles. The van der Waals surface area contributed by atoms with Crippen LogP contribution in [0.25, 0.3) is 0 Å². The van der Waals surface area contributed by atoms with Gasteiger partial charge < -0.3 is 5.11 Å². The van der Waals surface area contributed by atoms with E-state index in [1.54, 1.807) is 0 Å². The number of unbranched alkanes of at least 4 members (excludes halogenated alkanes) is 13. The molecule has 170 valence electrons. The number of rotatable bonds is 22. The maximum Gasteiger partial charge on any atom is 0.0568 e. The molecule has 0 fully saturated rings. The highest BCUT2D eigenvalue weighted by atomic mass is 16.3. The molecule has 0 aliphatic heterocycles. The predicted octanol–water partition coefficient (Wildman–Crippen LogP) is 9.46. The minimum Gasteiger partial charge on any atom is -0.393 e.